The summed E-state index contributed by atoms with van der Waals surface area (Å²) in [6.07, 6.45) is 0.197. The molecule has 2 nitrogen and oxygen atoms in total. The highest BCUT2D eigenvalue weighted by molar-refractivity contribution is 14.1. The van der Waals surface area contributed by atoms with E-state index in [0.29, 0.717) is 0 Å². The first-order chi connectivity index (χ1) is 10.5. The molecule has 2 aromatic carbocycles. The van der Waals surface area contributed by atoms with Gasteiger partial charge in [0.2, 0.25) is 0 Å². The van der Waals surface area contributed by atoms with Crippen molar-refractivity contribution in [2.45, 2.75) is 39.9 Å². The summed E-state index contributed by atoms with van der Waals surface area (Å²) in [6, 6.07) is 18.8. The van der Waals surface area contributed by atoms with Gasteiger partial charge in [0.1, 0.15) is 0 Å². The third-order valence-electron chi connectivity index (χ3n) is 3.19. The molecule has 0 aliphatic carbocycles. The Balaban J connectivity index is 2.67. The van der Waals surface area contributed by atoms with E-state index < -0.39 is 8.56 Å². The average molecular weight is 426 g/mol. The fraction of sp³-hybridized carbons (Fsp3) is 0.333. The maximum absolute atomic E-state index is 6.51. The van der Waals surface area contributed by atoms with Gasteiger partial charge in [0, 0.05) is 21.0 Å². The Hall–Kier alpha value is -0.693. The summed E-state index contributed by atoms with van der Waals surface area (Å²) < 4.78 is 14.2. The van der Waals surface area contributed by atoms with Gasteiger partial charge in [-0.1, -0.05) is 48.5 Å². The molecule has 0 unspecified atom stereocenters. The maximum atomic E-state index is 6.51. The lowest BCUT2D eigenvalue weighted by Gasteiger charge is -2.35. The second-order valence-corrected chi connectivity index (χ2v) is 9.78. The van der Waals surface area contributed by atoms with Crippen LogP contribution in [-0.4, -0.2) is 20.8 Å². The van der Waals surface area contributed by atoms with Gasteiger partial charge in [-0.3, -0.25) is 0 Å². The Morgan fingerprint density at radius 2 is 1.27 bits per heavy atom. The fourth-order valence-corrected chi connectivity index (χ4v) is 7.51. The number of rotatable bonds is 6. The van der Waals surface area contributed by atoms with Crippen LogP contribution >= 0.6 is 22.6 Å². The SMILES string of the molecule is CC(C)O[Si](OC(C)C)(c1ccccc1)c1ccccc1I. The highest BCUT2D eigenvalue weighted by Crippen LogP contribution is 2.17. The van der Waals surface area contributed by atoms with Crippen LogP contribution in [0.3, 0.4) is 0 Å². The van der Waals surface area contributed by atoms with Crippen LogP contribution in [0.5, 0.6) is 0 Å². The van der Waals surface area contributed by atoms with Crippen molar-refractivity contribution in [3.05, 3.63) is 58.2 Å². The van der Waals surface area contributed by atoms with Crippen LogP contribution in [0.4, 0.5) is 0 Å². The minimum Gasteiger partial charge on any atom is -0.385 e. The summed E-state index contributed by atoms with van der Waals surface area (Å²) in [7, 11) is -2.73. The molecule has 0 aromatic heterocycles. The molecule has 0 spiro atoms. The quantitative estimate of drug-likeness (QED) is 0.518. The second-order valence-electron chi connectivity index (χ2n) is 5.80. The van der Waals surface area contributed by atoms with Crippen LogP contribution < -0.4 is 10.4 Å². The first kappa shape index (κ1) is 17.7. The monoisotopic (exact) mass is 426 g/mol. The smallest absolute Gasteiger partial charge is 0.385 e. The molecule has 4 heteroatoms. The zero-order valence-electron chi connectivity index (χ0n) is 13.5. The third-order valence-corrected chi connectivity index (χ3v) is 8.48. The summed E-state index contributed by atoms with van der Waals surface area (Å²) in [5.74, 6) is 0. The van der Waals surface area contributed by atoms with Gasteiger partial charge in [0.05, 0.1) is 0 Å². The van der Waals surface area contributed by atoms with Crippen LogP contribution in [-0.2, 0) is 8.85 Å². The van der Waals surface area contributed by atoms with Gasteiger partial charge in [-0.15, -0.1) is 0 Å². The van der Waals surface area contributed by atoms with Crippen LogP contribution in [0.15, 0.2) is 54.6 Å². The molecular formula is C18H23IO2Si. The van der Waals surface area contributed by atoms with Gasteiger partial charge in [-0.25, -0.2) is 0 Å². The van der Waals surface area contributed by atoms with Gasteiger partial charge in [0.25, 0.3) is 0 Å². The van der Waals surface area contributed by atoms with Crippen molar-refractivity contribution in [2.75, 3.05) is 0 Å². The maximum Gasteiger partial charge on any atom is 0.408 e. The van der Waals surface area contributed by atoms with E-state index >= 15 is 0 Å². The third kappa shape index (κ3) is 3.98. The highest BCUT2D eigenvalue weighted by Gasteiger charge is 2.45. The molecule has 22 heavy (non-hydrogen) atoms. The predicted molar refractivity (Wildman–Crippen MR) is 103 cm³/mol. The first-order valence-corrected chi connectivity index (χ1v) is 10.5. The molecule has 2 rings (SSSR count). The van der Waals surface area contributed by atoms with Gasteiger partial charge in [-0.05, 0) is 61.5 Å². The zero-order valence-corrected chi connectivity index (χ0v) is 16.7. The largest absolute Gasteiger partial charge is 0.408 e. The minimum absolute atomic E-state index is 0.0987. The Morgan fingerprint density at radius 3 is 1.77 bits per heavy atom. The molecule has 0 aliphatic rings. The molecule has 0 atom stereocenters. The molecule has 0 aliphatic heterocycles. The lowest BCUT2D eigenvalue weighted by molar-refractivity contribution is 0.125. The van der Waals surface area contributed by atoms with E-state index in [1.165, 1.54) is 8.76 Å². The predicted octanol–water partition coefficient (Wildman–Crippen LogP) is 3.70. The fourth-order valence-electron chi connectivity index (χ4n) is 2.50. The topological polar surface area (TPSA) is 18.5 Å². The van der Waals surface area contributed by atoms with E-state index in [2.05, 4.69) is 98.8 Å². The van der Waals surface area contributed by atoms with Crippen molar-refractivity contribution in [1.29, 1.82) is 0 Å². The van der Waals surface area contributed by atoms with Crippen molar-refractivity contribution in [3.8, 4) is 0 Å². The second kappa shape index (κ2) is 7.72. The van der Waals surface area contributed by atoms with E-state index in [-0.39, 0.29) is 12.2 Å². The average Bonchev–Trinajstić information content (AvgIpc) is 2.47. The Labute approximate surface area is 148 Å². The molecule has 0 amide bonds. The van der Waals surface area contributed by atoms with E-state index in [1.807, 2.05) is 6.07 Å². The summed E-state index contributed by atoms with van der Waals surface area (Å²) in [5.41, 5.74) is 0. The normalized spacial score (nSPS) is 12.1. The Morgan fingerprint density at radius 1 is 0.773 bits per heavy atom. The van der Waals surface area contributed by atoms with Crippen LogP contribution in [0.25, 0.3) is 0 Å². The zero-order chi connectivity index (χ0) is 16.2. The van der Waals surface area contributed by atoms with Gasteiger partial charge in [-0.2, -0.15) is 0 Å². The molecule has 0 saturated carbocycles. The minimum atomic E-state index is -2.73. The molecular weight excluding hydrogens is 403 g/mol. The van der Waals surface area contributed by atoms with E-state index in [4.69, 9.17) is 8.85 Å². The Kier molecular flexibility index (Phi) is 6.20. The molecule has 0 bridgehead atoms. The number of hydrogen-bond donors (Lipinski definition) is 0. The molecule has 2 aromatic rings. The van der Waals surface area contributed by atoms with Crippen LogP contribution in [0.2, 0.25) is 0 Å². The number of halogens is 1. The summed E-state index contributed by atoms with van der Waals surface area (Å²) in [4.78, 5) is 0. The van der Waals surface area contributed by atoms with Crippen molar-refractivity contribution in [2.24, 2.45) is 0 Å². The van der Waals surface area contributed by atoms with Crippen LogP contribution in [0, 0.1) is 3.57 Å². The van der Waals surface area contributed by atoms with E-state index in [0.717, 1.165) is 5.19 Å². The van der Waals surface area contributed by atoms with E-state index in [1.54, 1.807) is 0 Å². The number of benzene rings is 2. The van der Waals surface area contributed by atoms with Crippen molar-refractivity contribution in [3.63, 3.8) is 0 Å². The molecule has 0 N–H and O–H groups in total. The Bertz CT molecular complexity index is 589. The number of hydrogen-bond acceptors (Lipinski definition) is 2. The molecule has 0 radical (unpaired) electrons. The summed E-state index contributed by atoms with van der Waals surface area (Å²) in [5, 5.41) is 2.34. The molecule has 0 saturated heterocycles. The van der Waals surface area contributed by atoms with Crippen LogP contribution in [0.1, 0.15) is 27.7 Å². The van der Waals surface area contributed by atoms with E-state index in [9.17, 15) is 0 Å². The molecule has 118 valence electrons. The molecule has 0 heterocycles. The molecule has 0 fully saturated rings. The standard InChI is InChI=1S/C18H23IO2Si/c1-14(2)20-22(21-15(3)4,16-10-6-5-7-11-16)18-13-9-8-12-17(18)19/h5-15H,1-4H3. The van der Waals surface area contributed by atoms with Crippen molar-refractivity contribution >= 4 is 41.5 Å². The highest BCUT2D eigenvalue weighted by atomic mass is 127. The lowest BCUT2D eigenvalue weighted by atomic mass is 10.4. The summed E-state index contributed by atoms with van der Waals surface area (Å²) in [6.45, 7) is 8.29. The van der Waals surface area contributed by atoms with Crippen molar-refractivity contribution < 1.29 is 8.85 Å². The van der Waals surface area contributed by atoms with Gasteiger partial charge < -0.3 is 8.85 Å². The first-order valence-electron chi connectivity index (χ1n) is 7.62. The van der Waals surface area contributed by atoms with Crippen molar-refractivity contribution in [1.82, 2.24) is 0 Å². The lowest BCUT2D eigenvalue weighted by Crippen LogP contribution is -2.66. The summed E-state index contributed by atoms with van der Waals surface area (Å²) >= 11 is 2.38. The van der Waals surface area contributed by atoms with Gasteiger partial charge in [0.15, 0.2) is 0 Å². The van der Waals surface area contributed by atoms with Gasteiger partial charge >= 0.3 is 8.56 Å².